The quantitative estimate of drug-likeness (QED) is 0.769. The van der Waals surface area contributed by atoms with E-state index in [1.807, 2.05) is 18.4 Å². The zero-order valence-electron chi connectivity index (χ0n) is 11.5. The molecule has 2 rings (SSSR count). The Morgan fingerprint density at radius 1 is 1.28 bits per heavy atom. The first kappa shape index (κ1) is 14.0. The predicted octanol–water partition coefficient (Wildman–Crippen LogP) is 2.32. The molecule has 0 bridgehead atoms. The minimum atomic E-state index is 1.08. The van der Waals surface area contributed by atoms with Crippen molar-refractivity contribution in [3.05, 3.63) is 16.1 Å². The molecule has 0 aliphatic carbocycles. The van der Waals surface area contributed by atoms with E-state index in [4.69, 9.17) is 4.98 Å². The van der Waals surface area contributed by atoms with Crippen molar-refractivity contribution in [3.8, 4) is 0 Å². The van der Waals surface area contributed by atoms with E-state index in [0.717, 1.165) is 19.4 Å². The van der Waals surface area contributed by atoms with Crippen molar-refractivity contribution in [1.29, 1.82) is 0 Å². The summed E-state index contributed by atoms with van der Waals surface area (Å²) in [7, 11) is 2.01. The fraction of sp³-hybridized carbons (Fsp3) is 0.786. The van der Waals surface area contributed by atoms with Crippen LogP contribution in [0, 0.1) is 0 Å². The summed E-state index contributed by atoms with van der Waals surface area (Å²) in [5, 5.41) is 6.74. The zero-order valence-corrected chi connectivity index (χ0v) is 12.3. The number of nitrogens with zero attached hydrogens (tertiary/aromatic N) is 2. The average molecular weight is 267 g/mol. The summed E-state index contributed by atoms with van der Waals surface area (Å²) in [6, 6.07) is 0. The Hall–Kier alpha value is -0.450. The molecule has 0 amide bonds. The molecular weight excluding hydrogens is 242 g/mol. The lowest BCUT2D eigenvalue weighted by Crippen LogP contribution is -2.31. The van der Waals surface area contributed by atoms with Gasteiger partial charge in [0.1, 0.15) is 0 Å². The number of hydrogen-bond acceptors (Lipinski definition) is 4. The molecule has 1 aromatic rings. The summed E-state index contributed by atoms with van der Waals surface area (Å²) in [5.41, 5.74) is 1.28. The Labute approximate surface area is 115 Å². The fourth-order valence-electron chi connectivity index (χ4n) is 2.46. The summed E-state index contributed by atoms with van der Waals surface area (Å²) in [6.45, 7) is 4.87. The van der Waals surface area contributed by atoms with Crippen molar-refractivity contribution >= 4 is 11.3 Å². The van der Waals surface area contributed by atoms with E-state index in [1.54, 1.807) is 0 Å². The van der Waals surface area contributed by atoms with Gasteiger partial charge in [0, 0.05) is 18.3 Å². The first-order valence-electron chi connectivity index (χ1n) is 7.19. The smallest absolute Gasteiger partial charge is 0.0941 e. The van der Waals surface area contributed by atoms with Gasteiger partial charge in [-0.3, -0.25) is 0 Å². The minimum absolute atomic E-state index is 1.08. The molecule has 0 radical (unpaired) electrons. The maximum Gasteiger partial charge on any atom is 0.0941 e. The number of piperidine rings is 1. The SMILES string of the molecule is CNCCCc1csc(CCN2CCCCC2)n1. The Balaban J connectivity index is 1.69. The Bertz CT molecular complexity index is 332. The molecule has 1 aliphatic heterocycles. The van der Waals surface area contributed by atoms with Gasteiger partial charge in [0.15, 0.2) is 0 Å². The molecule has 1 N–H and O–H groups in total. The largest absolute Gasteiger partial charge is 0.320 e. The lowest BCUT2D eigenvalue weighted by Gasteiger charge is -2.25. The molecule has 4 heteroatoms. The highest BCUT2D eigenvalue weighted by Crippen LogP contribution is 2.14. The summed E-state index contributed by atoms with van der Waals surface area (Å²) in [5.74, 6) is 0. The van der Waals surface area contributed by atoms with Gasteiger partial charge in [-0.05, 0) is 52.4 Å². The molecule has 3 nitrogen and oxygen atoms in total. The maximum absolute atomic E-state index is 4.73. The lowest BCUT2D eigenvalue weighted by molar-refractivity contribution is 0.231. The normalized spacial score (nSPS) is 17.2. The second kappa shape index (κ2) is 7.87. The van der Waals surface area contributed by atoms with Crippen LogP contribution in [0.25, 0.3) is 0 Å². The maximum atomic E-state index is 4.73. The van der Waals surface area contributed by atoms with Crippen LogP contribution in [0.3, 0.4) is 0 Å². The van der Waals surface area contributed by atoms with Gasteiger partial charge >= 0.3 is 0 Å². The van der Waals surface area contributed by atoms with E-state index >= 15 is 0 Å². The van der Waals surface area contributed by atoms with E-state index in [9.17, 15) is 0 Å². The van der Waals surface area contributed by atoms with Crippen LogP contribution >= 0.6 is 11.3 Å². The molecule has 18 heavy (non-hydrogen) atoms. The second-order valence-electron chi connectivity index (χ2n) is 5.09. The van der Waals surface area contributed by atoms with E-state index in [2.05, 4.69) is 15.6 Å². The fourth-order valence-corrected chi connectivity index (χ4v) is 3.28. The molecule has 1 aromatic heterocycles. The third kappa shape index (κ3) is 4.67. The van der Waals surface area contributed by atoms with Gasteiger partial charge in [-0.15, -0.1) is 11.3 Å². The highest BCUT2D eigenvalue weighted by atomic mass is 32.1. The van der Waals surface area contributed by atoms with E-state index in [-0.39, 0.29) is 0 Å². The molecule has 1 aliphatic rings. The van der Waals surface area contributed by atoms with Gasteiger partial charge in [0.05, 0.1) is 10.7 Å². The van der Waals surface area contributed by atoms with Gasteiger partial charge in [0.2, 0.25) is 0 Å². The number of nitrogens with one attached hydrogen (secondary N) is 1. The van der Waals surface area contributed by atoms with Crippen LogP contribution in [0.4, 0.5) is 0 Å². The van der Waals surface area contributed by atoms with Gasteiger partial charge in [-0.1, -0.05) is 6.42 Å². The highest BCUT2D eigenvalue weighted by Gasteiger charge is 2.10. The Morgan fingerprint density at radius 2 is 2.11 bits per heavy atom. The van der Waals surface area contributed by atoms with Gasteiger partial charge in [0.25, 0.3) is 0 Å². The summed E-state index contributed by atoms with van der Waals surface area (Å²) in [6.07, 6.45) is 7.62. The third-order valence-corrected chi connectivity index (χ3v) is 4.51. The molecule has 2 heterocycles. The predicted molar refractivity (Wildman–Crippen MR) is 78.4 cm³/mol. The summed E-state index contributed by atoms with van der Waals surface area (Å²) < 4.78 is 0. The molecule has 1 fully saturated rings. The number of thiazole rings is 1. The number of aryl methyl sites for hydroxylation is 1. The van der Waals surface area contributed by atoms with Gasteiger partial charge < -0.3 is 10.2 Å². The topological polar surface area (TPSA) is 28.2 Å². The number of likely N-dealkylation sites (tertiary alicyclic amines) is 1. The molecule has 0 saturated carbocycles. The average Bonchev–Trinajstić information content (AvgIpc) is 2.86. The van der Waals surface area contributed by atoms with Crippen molar-refractivity contribution in [3.63, 3.8) is 0 Å². The van der Waals surface area contributed by atoms with Crippen LogP contribution in [0.1, 0.15) is 36.4 Å². The van der Waals surface area contributed by atoms with E-state index in [0.29, 0.717) is 0 Å². The van der Waals surface area contributed by atoms with Gasteiger partial charge in [-0.2, -0.15) is 0 Å². The van der Waals surface area contributed by atoms with E-state index < -0.39 is 0 Å². The third-order valence-electron chi connectivity index (χ3n) is 3.55. The molecule has 0 spiro atoms. The van der Waals surface area contributed by atoms with Crippen LogP contribution in [0.5, 0.6) is 0 Å². The highest BCUT2D eigenvalue weighted by molar-refractivity contribution is 7.09. The van der Waals surface area contributed by atoms with Crippen molar-refractivity contribution in [2.75, 3.05) is 33.2 Å². The van der Waals surface area contributed by atoms with Gasteiger partial charge in [-0.25, -0.2) is 4.98 Å². The summed E-state index contributed by atoms with van der Waals surface area (Å²) in [4.78, 5) is 7.32. The Morgan fingerprint density at radius 3 is 2.89 bits per heavy atom. The van der Waals surface area contributed by atoms with Crippen LogP contribution < -0.4 is 5.32 Å². The molecule has 1 saturated heterocycles. The number of rotatable bonds is 7. The van der Waals surface area contributed by atoms with Crippen LogP contribution in [0.15, 0.2) is 5.38 Å². The molecule has 0 aromatic carbocycles. The molecule has 0 unspecified atom stereocenters. The first-order valence-corrected chi connectivity index (χ1v) is 8.06. The monoisotopic (exact) mass is 267 g/mol. The standard InChI is InChI=1S/C14H25N3S/c1-15-8-5-6-13-12-18-14(16-13)7-11-17-9-3-2-4-10-17/h12,15H,2-11H2,1H3. The number of aromatic nitrogens is 1. The number of hydrogen-bond donors (Lipinski definition) is 1. The first-order chi connectivity index (χ1) is 8.88. The second-order valence-corrected chi connectivity index (χ2v) is 6.03. The zero-order chi connectivity index (χ0) is 12.6. The molecule has 102 valence electrons. The van der Waals surface area contributed by atoms with Crippen LogP contribution in [-0.4, -0.2) is 43.1 Å². The molecule has 0 atom stereocenters. The summed E-state index contributed by atoms with van der Waals surface area (Å²) >= 11 is 1.84. The van der Waals surface area contributed by atoms with Crippen molar-refractivity contribution in [2.24, 2.45) is 0 Å². The van der Waals surface area contributed by atoms with Crippen molar-refractivity contribution < 1.29 is 0 Å². The lowest BCUT2D eigenvalue weighted by atomic mass is 10.1. The van der Waals surface area contributed by atoms with Crippen molar-refractivity contribution in [1.82, 2.24) is 15.2 Å². The van der Waals surface area contributed by atoms with Crippen molar-refractivity contribution in [2.45, 2.75) is 38.5 Å². The minimum Gasteiger partial charge on any atom is -0.320 e. The van der Waals surface area contributed by atoms with E-state index in [1.165, 1.54) is 56.0 Å². The molecular formula is C14H25N3S. The Kier molecular flexibility index (Phi) is 6.11. The van der Waals surface area contributed by atoms with Crippen LogP contribution in [0.2, 0.25) is 0 Å². The van der Waals surface area contributed by atoms with Crippen LogP contribution in [-0.2, 0) is 12.8 Å².